The van der Waals surface area contributed by atoms with E-state index >= 15 is 0 Å². The van der Waals surface area contributed by atoms with E-state index in [1.54, 1.807) is 0 Å². The largest absolute Gasteiger partial charge is 0.347 e. The van der Waals surface area contributed by atoms with Crippen LogP contribution in [0.5, 0.6) is 0 Å². The number of amides is 2. The molecule has 2 amide bonds. The molecule has 7 nitrogen and oxygen atoms in total. The van der Waals surface area contributed by atoms with E-state index in [9.17, 15) is 26.8 Å². The van der Waals surface area contributed by atoms with Crippen molar-refractivity contribution in [2.75, 3.05) is 6.26 Å². The summed E-state index contributed by atoms with van der Waals surface area (Å²) in [5, 5.41) is 2.54. The molecule has 2 aromatic rings. The second-order valence-corrected chi connectivity index (χ2v) is 12.1. The van der Waals surface area contributed by atoms with E-state index in [2.05, 4.69) is 10.3 Å². The molecule has 1 N–H and O–H groups in total. The molecule has 7 rings (SSSR count). The molecule has 2 saturated heterocycles. The molecular formula is C23H20ClF2N3O4S. The molecule has 2 bridgehead atoms. The summed E-state index contributed by atoms with van der Waals surface area (Å²) in [6.07, 6.45) is 5.02. The van der Waals surface area contributed by atoms with Gasteiger partial charge in [-0.3, -0.25) is 14.6 Å². The van der Waals surface area contributed by atoms with Crippen LogP contribution in [0.1, 0.15) is 34.8 Å². The van der Waals surface area contributed by atoms with E-state index in [4.69, 9.17) is 11.6 Å². The fourth-order valence-corrected chi connectivity index (χ4v) is 6.29. The van der Waals surface area contributed by atoms with Crippen molar-refractivity contribution in [3.63, 3.8) is 0 Å². The highest BCUT2D eigenvalue weighted by atomic mass is 35.5. The number of carbonyl (C=O) groups excluding carboxylic acids is 2. The first-order valence-electron chi connectivity index (χ1n) is 11.0. The van der Waals surface area contributed by atoms with Gasteiger partial charge in [0.25, 0.3) is 5.91 Å². The predicted octanol–water partition coefficient (Wildman–Crippen LogP) is 2.75. The van der Waals surface area contributed by atoms with Crippen molar-refractivity contribution in [2.45, 2.75) is 35.9 Å². The Bertz CT molecular complexity index is 1360. The van der Waals surface area contributed by atoms with Crippen LogP contribution in [0.4, 0.5) is 8.78 Å². The number of rotatable bonds is 6. The molecule has 2 aliphatic heterocycles. The number of nitrogens with one attached hydrogen (secondary N) is 1. The van der Waals surface area contributed by atoms with Crippen molar-refractivity contribution < 1.29 is 26.8 Å². The van der Waals surface area contributed by atoms with Gasteiger partial charge in [-0.2, -0.15) is 0 Å². The molecular weight excluding hydrogens is 488 g/mol. The minimum atomic E-state index is -3.56. The van der Waals surface area contributed by atoms with Crippen LogP contribution in [0.25, 0.3) is 0 Å². The van der Waals surface area contributed by atoms with Gasteiger partial charge in [0.2, 0.25) is 5.91 Å². The van der Waals surface area contributed by atoms with Gasteiger partial charge in [-0.25, -0.2) is 17.2 Å². The zero-order valence-electron chi connectivity index (χ0n) is 17.9. The Morgan fingerprint density at radius 1 is 1.12 bits per heavy atom. The lowest BCUT2D eigenvalue weighted by Gasteiger charge is -2.27. The van der Waals surface area contributed by atoms with Crippen molar-refractivity contribution in [1.82, 2.24) is 15.2 Å². The standard InChI is InChI=1S/C23H20ClF2N3O4S/c1-34(32,33)11-4-10(7-27-8-11)23(31)29-20-16-17(20)18(16)21(29)22(30)28-19(9-2-3-9)12-5-15(26)13(24)6-14(12)25/h4-9,16-21H,2-3H2,1H3,(H,28,30)/t16-,17?,18-,19+,20?,21+/m0/s1. The van der Waals surface area contributed by atoms with Crippen molar-refractivity contribution in [3.8, 4) is 0 Å². The number of hydrogen-bond donors (Lipinski definition) is 1. The summed E-state index contributed by atoms with van der Waals surface area (Å²) in [6, 6.07) is 1.67. The predicted molar refractivity (Wildman–Crippen MR) is 117 cm³/mol. The smallest absolute Gasteiger partial charge is 0.256 e. The molecule has 1 aromatic carbocycles. The van der Waals surface area contributed by atoms with Crippen molar-refractivity contribution in [1.29, 1.82) is 0 Å². The van der Waals surface area contributed by atoms with E-state index in [-0.39, 0.29) is 50.8 Å². The summed E-state index contributed by atoms with van der Waals surface area (Å²) in [6.45, 7) is 0. The molecule has 2 unspecified atom stereocenters. The highest BCUT2D eigenvalue weighted by Crippen LogP contribution is 2.78. The number of fused-ring (bicyclic) bond motifs is 1. The summed E-state index contributed by atoms with van der Waals surface area (Å²) < 4.78 is 52.5. The average molecular weight is 508 g/mol. The fourth-order valence-electron chi connectivity index (χ4n) is 5.54. The number of sulfone groups is 1. The SMILES string of the molecule is CS(=O)(=O)c1cncc(C(=O)N2C3C4[C@H]3[C@@H]4[C@@H]2C(=O)N[C@@H](c2cc(F)c(Cl)cc2F)C2CC2)c1. The number of pyridine rings is 1. The van der Waals surface area contributed by atoms with Crippen LogP contribution in [0.3, 0.4) is 0 Å². The molecule has 5 fully saturated rings. The van der Waals surface area contributed by atoms with Crippen molar-refractivity contribution in [3.05, 3.63) is 58.4 Å². The summed E-state index contributed by atoms with van der Waals surface area (Å²) in [5.74, 6) is -1.80. The lowest BCUT2D eigenvalue weighted by Crippen LogP contribution is -2.47. The summed E-state index contributed by atoms with van der Waals surface area (Å²) >= 11 is 5.68. The second-order valence-electron chi connectivity index (χ2n) is 9.67. The molecule has 0 radical (unpaired) electrons. The lowest BCUT2D eigenvalue weighted by atomic mass is 10.00. The zero-order valence-corrected chi connectivity index (χ0v) is 19.5. The molecule has 0 spiro atoms. The third-order valence-electron chi connectivity index (χ3n) is 7.48. The van der Waals surface area contributed by atoms with Crippen LogP contribution in [-0.2, 0) is 14.6 Å². The first kappa shape index (κ1) is 21.9. The quantitative estimate of drug-likeness (QED) is 0.606. The van der Waals surface area contributed by atoms with Gasteiger partial charge >= 0.3 is 0 Å². The van der Waals surface area contributed by atoms with Gasteiger partial charge in [-0.1, -0.05) is 11.6 Å². The molecule has 3 saturated carbocycles. The molecule has 6 atom stereocenters. The average Bonchev–Trinajstić information content (AvgIpc) is 3.73. The van der Waals surface area contributed by atoms with Crippen LogP contribution < -0.4 is 5.32 Å². The lowest BCUT2D eigenvalue weighted by molar-refractivity contribution is -0.126. The normalized spacial score (nSPS) is 29.4. The van der Waals surface area contributed by atoms with Gasteiger partial charge in [0, 0.05) is 30.3 Å². The second kappa shape index (κ2) is 7.21. The van der Waals surface area contributed by atoms with Gasteiger partial charge in [0.15, 0.2) is 9.84 Å². The number of piperidine rings is 1. The van der Waals surface area contributed by atoms with E-state index in [0.29, 0.717) is 0 Å². The Morgan fingerprint density at radius 3 is 2.47 bits per heavy atom. The molecule has 3 aliphatic carbocycles. The molecule has 178 valence electrons. The van der Waals surface area contributed by atoms with Gasteiger partial charge < -0.3 is 10.2 Å². The first-order valence-corrected chi connectivity index (χ1v) is 13.3. The Morgan fingerprint density at radius 2 is 1.82 bits per heavy atom. The maximum atomic E-state index is 14.6. The Balaban J connectivity index is 1.27. The number of nitrogens with zero attached hydrogens (tertiary/aromatic N) is 2. The third kappa shape index (κ3) is 3.33. The maximum absolute atomic E-state index is 14.6. The fraction of sp³-hybridized carbons (Fsp3) is 0.435. The minimum absolute atomic E-state index is 0.0254. The van der Waals surface area contributed by atoms with Crippen molar-refractivity contribution >= 4 is 33.3 Å². The zero-order chi connectivity index (χ0) is 24.1. The molecule has 34 heavy (non-hydrogen) atoms. The van der Waals surface area contributed by atoms with E-state index < -0.39 is 45.4 Å². The van der Waals surface area contributed by atoms with Gasteiger partial charge in [0.05, 0.1) is 21.5 Å². The highest BCUT2D eigenvalue weighted by Gasteiger charge is 2.86. The molecule has 5 aliphatic rings. The van der Waals surface area contributed by atoms with E-state index in [1.165, 1.54) is 23.4 Å². The molecule has 1 aromatic heterocycles. The van der Waals surface area contributed by atoms with Gasteiger partial charge in [-0.05, 0) is 54.7 Å². The van der Waals surface area contributed by atoms with Gasteiger partial charge in [0.1, 0.15) is 17.7 Å². The van der Waals surface area contributed by atoms with E-state index in [0.717, 1.165) is 31.2 Å². The molecule has 11 heteroatoms. The Labute approximate surface area is 199 Å². The van der Waals surface area contributed by atoms with Crippen LogP contribution in [0, 0.1) is 35.3 Å². The highest BCUT2D eigenvalue weighted by molar-refractivity contribution is 7.90. The number of hydrogen-bond acceptors (Lipinski definition) is 5. The van der Waals surface area contributed by atoms with Crippen LogP contribution in [0.2, 0.25) is 5.02 Å². The summed E-state index contributed by atoms with van der Waals surface area (Å²) in [7, 11) is -3.56. The molecule has 3 heterocycles. The van der Waals surface area contributed by atoms with Gasteiger partial charge in [-0.15, -0.1) is 0 Å². The number of benzene rings is 1. The topological polar surface area (TPSA) is 96.4 Å². The minimum Gasteiger partial charge on any atom is -0.347 e. The number of aromatic nitrogens is 1. The number of carbonyl (C=O) groups is 2. The van der Waals surface area contributed by atoms with Crippen LogP contribution in [0.15, 0.2) is 35.5 Å². The Hall–Kier alpha value is -2.59. The third-order valence-corrected chi connectivity index (χ3v) is 8.85. The first-order chi connectivity index (χ1) is 16.1. The van der Waals surface area contributed by atoms with Crippen LogP contribution in [-0.4, -0.2) is 48.5 Å². The van der Waals surface area contributed by atoms with E-state index in [1.807, 2.05) is 0 Å². The maximum Gasteiger partial charge on any atom is 0.256 e. The monoisotopic (exact) mass is 507 g/mol. The number of halogens is 3. The summed E-state index contributed by atoms with van der Waals surface area (Å²) in [5.41, 5.74) is 0.135. The Kier molecular flexibility index (Phi) is 4.64. The van der Waals surface area contributed by atoms with Crippen LogP contribution >= 0.6 is 11.6 Å². The summed E-state index contributed by atoms with van der Waals surface area (Å²) in [4.78, 5) is 32.0. The van der Waals surface area contributed by atoms with Crippen molar-refractivity contribution in [2.24, 2.45) is 23.7 Å².